The van der Waals surface area contributed by atoms with Crippen LogP contribution in [0.15, 0.2) is 0 Å². The van der Waals surface area contributed by atoms with Crippen LogP contribution in [0.1, 0.15) is 44.9 Å². The van der Waals surface area contributed by atoms with Crippen molar-refractivity contribution in [3.05, 3.63) is 0 Å². The molecule has 0 radical (unpaired) electrons. The SMILES string of the molecule is C1CCCCSSSSCCCC1. The molecule has 0 spiro atoms. The second-order valence-corrected chi connectivity index (χ2v) is 9.50. The first-order chi connectivity index (χ1) is 6.50. The van der Waals surface area contributed by atoms with Gasteiger partial charge in [-0.1, -0.05) is 53.7 Å². The minimum atomic E-state index is 1.35. The van der Waals surface area contributed by atoms with E-state index in [9.17, 15) is 0 Å². The van der Waals surface area contributed by atoms with E-state index in [2.05, 4.69) is 0 Å². The Hall–Kier alpha value is 1.40. The smallest absolute Gasteiger partial charge is 0.00454 e. The van der Waals surface area contributed by atoms with Gasteiger partial charge in [0.05, 0.1) is 0 Å². The van der Waals surface area contributed by atoms with E-state index in [0.29, 0.717) is 0 Å². The van der Waals surface area contributed by atoms with Crippen LogP contribution < -0.4 is 0 Å². The van der Waals surface area contributed by atoms with Crippen molar-refractivity contribution in [1.29, 1.82) is 0 Å². The second kappa shape index (κ2) is 9.94. The van der Waals surface area contributed by atoms with Crippen LogP contribution in [0, 0.1) is 0 Å². The number of hydrogen-bond donors (Lipinski definition) is 0. The van der Waals surface area contributed by atoms with Crippen LogP contribution in [0.3, 0.4) is 0 Å². The first-order valence-corrected chi connectivity index (χ1v) is 10.2. The number of rotatable bonds is 0. The van der Waals surface area contributed by atoms with Crippen LogP contribution in [-0.4, -0.2) is 11.5 Å². The molecule has 4 heteroatoms. The topological polar surface area (TPSA) is 0 Å². The van der Waals surface area contributed by atoms with Crippen molar-refractivity contribution >= 4 is 41.2 Å². The molecule has 0 aromatic carbocycles. The summed E-state index contributed by atoms with van der Waals surface area (Å²) < 4.78 is 0. The Labute approximate surface area is 97.3 Å². The molecule has 1 fully saturated rings. The molecule has 0 nitrogen and oxygen atoms in total. The van der Waals surface area contributed by atoms with Gasteiger partial charge in [-0.25, -0.2) is 0 Å². The van der Waals surface area contributed by atoms with Gasteiger partial charge in [0.2, 0.25) is 0 Å². The summed E-state index contributed by atoms with van der Waals surface area (Å²) in [5, 5.41) is 0. The summed E-state index contributed by atoms with van der Waals surface area (Å²) in [5.41, 5.74) is 0. The molecule has 0 N–H and O–H groups in total. The monoisotopic (exact) mass is 254 g/mol. The predicted molar refractivity (Wildman–Crippen MR) is 72.4 cm³/mol. The van der Waals surface area contributed by atoms with E-state index in [1.807, 2.05) is 41.2 Å². The van der Waals surface area contributed by atoms with Gasteiger partial charge in [-0.15, -0.1) is 0 Å². The molecule has 0 unspecified atom stereocenters. The van der Waals surface area contributed by atoms with E-state index in [4.69, 9.17) is 0 Å². The van der Waals surface area contributed by atoms with E-state index >= 15 is 0 Å². The molecule has 0 atom stereocenters. The van der Waals surface area contributed by atoms with Gasteiger partial charge in [0.15, 0.2) is 0 Å². The molecule has 1 rings (SSSR count). The lowest BCUT2D eigenvalue weighted by atomic mass is 10.1. The average molecular weight is 255 g/mol. The van der Waals surface area contributed by atoms with Gasteiger partial charge in [0.1, 0.15) is 0 Å². The van der Waals surface area contributed by atoms with Crippen molar-refractivity contribution in [1.82, 2.24) is 0 Å². The van der Waals surface area contributed by atoms with Crippen molar-refractivity contribution in [3.8, 4) is 0 Å². The van der Waals surface area contributed by atoms with Crippen molar-refractivity contribution in [3.63, 3.8) is 0 Å². The Morgan fingerprint density at radius 3 is 1.31 bits per heavy atom. The van der Waals surface area contributed by atoms with Crippen LogP contribution in [0.2, 0.25) is 0 Å². The minimum Gasteiger partial charge on any atom is -0.0817 e. The Kier molecular flexibility index (Phi) is 9.53. The molecule has 0 bridgehead atoms. The van der Waals surface area contributed by atoms with Crippen LogP contribution in [0.4, 0.5) is 0 Å². The summed E-state index contributed by atoms with van der Waals surface area (Å²) >= 11 is 0. The fourth-order valence-corrected chi connectivity index (χ4v) is 7.58. The molecule has 78 valence electrons. The molecule has 0 aromatic heterocycles. The molecule has 13 heavy (non-hydrogen) atoms. The molecular formula is C9H18S4. The predicted octanol–water partition coefficient (Wildman–Crippen LogP) is 5.41. The lowest BCUT2D eigenvalue weighted by Gasteiger charge is -1.99. The van der Waals surface area contributed by atoms with Crippen LogP contribution in [0.25, 0.3) is 0 Å². The highest BCUT2D eigenvalue weighted by molar-refractivity contribution is 9.26. The fourth-order valence-electron chi connectivity index (χ4n) is 1.31. The van der Waals surface area contributed by atoms with Crippen LogP contribution in [-0.2, 0) is 0 Å². The molecule has 0 aromatic rings. The maximum absolute atomic E-state index is 2.03. The zero-order valence-corrected chi connectivity index (χ0v) is 11.3. The van der Waals surface area contributed by atoms with Gasteiger partial charge >= 0.3 is 0 Å². The quantitative estimate of drug-likeness (QED) is 0.530. The molecule has 0 aliphatic carbocycles. The van der Waals surface area contributed by atoms with Gasteiger partial charge in [0.25, 0.3) is 0 Å². The maximum Gasteiger partial charge on any atom is 0.00454 e. The fraction of sp³-hybridized carbons (Fsp3) is 1.00. The Bertz CT molecular complexity index is 59.7. The largest absolute Gasteiger partial charge is 0.0817 e. The zero-order chi connectivity index (χ0) is 9.19. The Balaban J connectivity index is 2.01. The van der Waals surface area contributed by atoms with Crippen LogP contribution >= 0.6 is 41.2 Å². The van der Waals surface area contributed by atoms with Crippen molar-refractivity contribution in [2.45, 2.75) is 44.9 Å². The molecule has 1 aliphatic rings. The van der Waals surface area contributed by atoms with Crippen molar-refractivity contribution < 1.29 is 0 Å². The third-order valence-electron chi connectivity index (χ3n) is 2.08. The molecular weight excluding hydrogens is 236 g/mol. The molecule has 1 aliphatic heterocycles. The highest BCUT2D eigenvalue weighted by Gasteiger charge is 1.97. The van der Waals surface area contributed by atoms with E-state index < -0.39 is 0 Å². The molecule has 1 saturated heterocycles. The Morgan fingerprint density at radius 1 is 0.462 bits per heavy atom. The zero-order valence-electron chi connectivity index (χ0n) is 8.00. The summed E-state index contributed by atoms with van der Waals surface area (Å²) in [6.45, 7) is 0. The minimum absolute atomic E-state index is 1.35. The summed E-state index contributed by atoms with van der Waals surface area (Å²) in [6.07, 6.45) is 10.1. The van der Waals surface area contributed by atoms with Gasteiger partial charge in [0, 0.05) is 11.5 Å². The van der Waals surface area contributed by atoms with Gasteiger partial charge < -0.3 is 0 Å². The van der Waals surface area contributed by atoms with Gasteiger partial charge in [-0.3, -0.25) is 0 Å². The second-order valence-electron chi connectivity index (χ2n) is 3.25. The van der Waals surface area contributed by atoms with Crippen molar-refractivity contribution in [2.24, 2.45) is 0 Å². The third-order valence-corrected chi connectivity index (χ3v) is 8.71. The van der Waals surface area contributed by atoms with Gasteiger partial charge in [-0.2, -0.15) is 0 Å². The first-order valence-electron chi connectivity index (χ1n) is 5.08. The highest BCUT2D eigenvalue weighted by atomic mass is 33.7. The lowest BCUT2D eigenvalue weighted by Crippen LogP contribution is -1.82. The standard InChI is InChI=1S/C9H18S4/c1-2-4-6-8-10-12-13-11-9-7-5-3-1/h1-9H2. The summed E-state index contributed by atoms with van der Waals surface area (Å²) in [5.74, 6) is 2.69. The third kappa shape index (κ3) is 8.40. The van der Waals surface area contributed by atoms with E-state index in [-0.39, 0.29) is 0 Å². The molecule has 0 saturated carbocycles. The van der Waals surface area contributed by atoms with Crippen molar-refractivity contribution in [2.75, 3.05) is 11.5 Å². The van der Waals surface area contributed by atoms with Gasteiger partial charge in [-0.05, 0) is 32.5 Å². The summed E-state index contributed by atoms with van der Waals surface area (Å²) in [4.78, 5) is 0. The van der Waals surface area contributed by atoms with E-state index in [1.54, 1.807) is 0 Å². The lowest BCUT2D eigenvalue weighted by molar-refractivity contribution is 0.606. The average Bonchev–Trinajstić information content (AvgIpc) is 2.18. The van der Waals surface area contributed by atoms with Crippen LogP contribution in [0.5, 0.6) is 0 Å². The van der Waals surface area contributed by atoms with E-state index in [0.717, 1.165) is 0 Å². The summed E-state index contributed by atoms with van der Waals surface area (Å²) in [6, 6.07) is 0. The Morgan fingerprint density at radius 2 is 0.846 bits per heavy atom. The number of hydrogen-bond acceptors (Lipinski definition) is 4. The maximum atomic E-state index is 2.03. The van der Waals surface area contributed by atoms with E-state index in [1.165, 1.54) is 56.5 Å². The highest BCUT2D eigenvalue weighted by Crippen LogP contribution is 2.43. The first kappa shape index (κ1) is 12.5. The molecule has 0 amide bonds. The summed E-state index contributed by atoms with van der Waals surface area (Å²) in [7, 11) is 8.01. The molecule has 1 heterocycles. The normalized spacial score (nSPS) is 24.0.